The van der Waals surface area contributed by atoms with Gasteiger partial charge in [0.15, 0.2) is 0 Å². The fraction of sp³-hybridized carbons (Fsp3) is 0.857. The summed E-state index contributed by atoms with van der Waals surface area (Å²) in [7, 11) is 4.02. The lowest BCUT2D eigenvalue weighted by atomic mass is 9.51. The molecule has 18 heavy (non-hydrogen) atoms. The second-order valence-electron chi connectivity index (χ2n) is 6.65. The van der Waals surface area contributed by atoms with Gasteiger partial charge in [-0.05, 0) is 55.8 Å². The first-order chi connectivity index (χ1) is 8.76. The first kappa shape index (κ1) is 10.8. The Bertz CT molecular complexity index is 436. The molecule has 0 spiro atoms. The zero-order valence-electron chi connectivity index (χ0n) is 11.3. The molecule has 4 aliphatic carbocycles. The van der Waals surface area contributed by atoms with Crippen molar-refractivity contribution in [3.8, 4) is 0 Å². The minimum Gasteiger partial charge on any atom is -0.357 e. The highest BCUT2D eigenvalue weighted by Crippen LogP contribution is 2.59. The number of aromatic nitrogens is 3. The largest absolute Gasteiger partial charge is 0.357 e. The number of nitrogens with zero attached hydrogens (tertiary/aromatic N) is 3. The lowest BCUT2D eigenvalue weighted by Crippen LogP contribution is -2.44. The van der Waals surface area contributed by atoms with Crippen LogP contribution >= 0.6 is 0 Å². The molecule has 4 aliphatic rings. The summed E-state index contributed by atoms with van der Waals surface area (Å²) < 4.78 is 2.17. The summed E-state index contributed by atoms with van der Waals surface area (Å²) in [5, 5.41) is 11.9. The van der Waals surface area contributed by atoms with Crippen LogP contribution in [0.15, 0.2) is 0 Å². The molecular weight excluding hydrogens is 224 g/mol. The number of nitrogens with one attached hydrogen (secondary N) is 1. The van der Waals surface area contributed by atoms with Crippen LogP contribution in [0.4, 0.5) is 5.95 Å². The second kappa shape index (κ2) is 3.72. The van der Waals surface area contributed by atoms with E-state index in [-0.39, 0.29) is 0 Å². The first-order valence-corrected chi connectivity index (χ1v) is 7.33. The van der Waals surface area contributed by atoms with E-state index < -0.39 is 0 Å². The Balaban J connectivity index is 1.70. The molecule has 0 aliphatic heterocycles. The Morgan fingerprint density at radius 3 is 2.11 bits per heavy atom. The molecular formula is C14H22N4. The Hall–Kier alpha value is -1.06. The third-order valence-corrected chi connectivity index (χ3v) is 5.66. The van der Waals surface area contributed by atoms with Gasteiger partial charge in [-0.2, -0.15) is 0 Å². The molecule has 4 bridgehead atoms. The predicted octanol–water partition coefficient (Wildman–Crippen LogP) is 2.40. The predicted molar refractivity (Wildman–Crippen MR) is 70.3 cm³/mol. The molecule has 98 valence electrons. The highest BCUT2D eigenvalue weighted by Gasteiger charge is 2.50. The number of rotatable bonds is 2. The van der Waals surface area contributed by atoms with Crippen LogP contribution in [0.2, 0.25) is 0 Å². The van der Waals surface area contributed by atoms with E-state index in [1.165, 1.54) is 37.9 Å². The summed E-state index contributed by atoms with van der Waals surface area (Å²) in [4.78, 5) is 0. The Morgan fingerprint density at radius 1 is 1.00 bits per heavy atom. The molecule has 1 N–H and O–H groups in total. The molecule has 0 saturated heterocycles. The summed E-state index contributed by atoms with van der Waals surface area (Å²) in [6, 6.07) is 0. The van der Waals surface area contributed by atoms with E-state index in [4.69, 9.17) is 0 Å². The maximum atomic E-state index is 4.48. The van der Waals surface area contributed by atoms with Crippen LogP contribution in [0, 0.1) is 23.7 Å². The van der Waals surface area contributed by atoms with Crippen LogP contribution in [-0.2, 0) is 7.05 Å². The number of hydrogen-bond acceptors (Lipinski definition) is 3. The molecule has 0 radical (unpaired) electrons. The molecule has 1 aromatic heterocycles. The fourth-order valence-electron chi connectivity index (χ4n) is 5.20. The van der Waals surface area contributed by atoms with Gasteiger partial charge in [-0.3, -0.25) is 0 Å². The van der Waals surface area contributed by atoms with Gasteiger partial charge < -0.3 is 9.88 Å². The third kappa shape index (κ3) is 1.38. The lowest BCUT2D eigenvalue weighted by Gasteiger charge is -2.53. The van der Waals surface area contributed by atoms with Gasteiger partial charge in [0.05, 0.1) is 0 Å². The summed E-state index contributed by atoms with van der Waals surface area (Å²) in [6.07, 6.45) is 7.29. The summed E-state index contributed by atoms with van der Waals surface area (Å²) in [5.74, 6) is 6.63. The normalized spacial score (nSPS) is 41.3. The maximum absolute atomic E-state index is 4.48. The van der Waals surface area contributed by atoms with Crippen LogP contribution in [-0.4, -0.2) is 21.8 Å². The number of anilines is 1. The van der Waals surface area contributed by atoms with Gasteiger partial charge in [-0.1, -0.05) is 0 Å². The van der Waals surface area contributed by atoms with E-state index in [0.717, 1.165) is 29.6 Å². The van der Waals surface area contributed by atoms with Crippen LogP contribution in [0.1, 0.15) is 43.8 Å². The van der Waals surface area contributed by atoms with Crippen LogP contribution in [0.5, 0.6) is 0 Å². The molecule has 4 nitrogen and oxygen atoms in total. The van der Waals surface area contributed by atoms with Gasteiger partial charge in [0.25, 0.3) is 0 Å². The standard InChI is InChI=1S/C14H22N4/c1-15-14-17-16-13(18(14)2)12-10-4-8-3-9(6-10)7-11(12)5-8/h8-12H,3-7H2,1-2H3,(H,15,17). The second-order valence-corrected chi connectivity index (χ2v) is 6.65. The minimum atomic E-state index is 0.678. The molecule has 0 aromatic carbocycles. The van der Waals surface area contributed by atoms with E-state index in [0.29, 0.717) is 5.92 Å². The van der Waals surface area contributed by atoms with Gasteiger partial charge in [-0.25, -0.2) is 0 Å². The molecule has 5 rings (SSSR count). The van der Waals surface area contributed by atoms with Crippen LogP contribution < -0.4 is 5.32 Å². The molecule has 4 saturated carbocycles. The fourth-order valence-corrected chi connectivity index (χ4v) is 5.20. The summed E-state index contributed by atoms with van der Waals surface area (Å²) in [6.45, 7) is 0. The molecule has 0 atom stereocenters. The Morgan fingerprint density at radius 2 is 1.61 bits per heavy atom. The molecule has 4 fully saturated rings. The topological polar surface area (TPSA) is 42.7 Å². The first-order valence-electron chi connectivity index (χ1n) is 7.33. The zero-order chi connectivity index (χ0) is 12.3. The van der Waals surface area contributed by atoms with E-state index in [1.807, 2.05) is 7.05 Å². The third-order valence-electron chi connectivity index (χ3n) is 5.66. The molecule has 0 unspecified atom stereocenters. The average Bonchev–Trinajstić information content (AvgIpc) is 2.70. The molecule has 1 heterocycles. The highest BCUT2D eigenvalue weighted by atomic mass is 15.3. The summed E-state index contributed by atoms with van der Waals surface area (Å²) >= 11 is 0. The number of hydrogen-bond donors (Lipinski definition) is 1. The molecule has 0 amide bonds. The van der Waals surface area contributed by atoms with Gasteiger partial charge in [0, 0.05) is 20.0 Å². The SMILES string of the molecule is CNc1nnc(C2C3CC4CC(C3)CC2C4)n1C. The Kier molecular flexibility index (Phi) is 2.24. The van der Waals surface area contributed by atoms with Gasteiger partial charge in [0.1, 0.15) is 5.82 Å². The van der Waals surface area contributed by atoms with Crippen molar-refractivity contribution in [1.82, 2.24) is 14.8 Å². The van der Waals surface area contributed by atoms with Gasteiger partial charge >= 0.3 is 0 Å². The van der Waals surface area contributed by atoms with Crippen LogP contribution in [0.25, 0.3) is 0 Å². The lowest BCUT2D eigenvalue weighted by molar-refractivity contribution is -0.00657. The van der Waals surface area contributed by atoms with Crippen molar-refractivity contribution >= 4 is 5.95 Å². The minimum absolute atomic E-state index is 0.678. The highest BCUT2D eigenvalue weighted by molar-refractivity contribution is 5.26. The van der Waals surface area contributed by atoms with Crippen LogP contribution in [0.3, 0.4) is 0 Å². The van der Waals surface area contributed by atoms with E-state index >= 15 is 0 Å². The van der Waals surface area contributed by atoms with Crippen molar-refractivity contribution in [3.05, 3.63) is 5.82 Å². The van der Waals surface area contributed by atoms with E-state index in [9.17, 15) is 0 Å². The average molecular weight is 246 g/mol. The van der Waals surface area contributed by atoms with Crippen molar-refractivity contribution in [2.75, 3.05) is 12.4 Å². The van der Waals surface area contributed by atoms with Crippen molar-refractivity contribution in [1.29, 1.82) is 0 Å². The Labute approximate surface area is 108 Å². The zero-order valence-corrected chi connectivity index (χ0v) is 11.3. The smallest absolute Gasteiger partial charge is 0.224 e. The summed E-state index contributed by atoms with van der Waals surface area (Å²) in [5.41, 5.74) is 0. The molecule has 1 aromatic rings. The maximum Gasteiger partial charge on any atom is 0.224 e. The van der Waals surface area contributed by atoms with Crippen molar-refractivity contribution in [3.63, 3.8) is 0 Å². The monoisotopic (exact) mass is 246 g/mol. The van der Waals surface area contributed by atoms with E-state index in [1.54, 1.807) is 0 Å². The van der Waals surface area contributed by atoms with Gasteiger partial charge in [0.2, 0.25) is 5.95 Å². The van der Waals surface area contributed by atoms with Gasteiger partial charge in [-0.15, -0.1) is 10.2 Å². The van der Waals surface area contributed by atoms with Crippen molar-refractivity contribution in [2.24, 2.45) is 30.7 Å². The molecule has 4 heteroatoms. The van der Waals surface area contributed by atoms with E-state index in [2.05, 4.69) is 27.1 Å². The van der Waals surface area contributed by atoms with Crippen molar-refractivity contribution in [2.45, 2.75) is 38.0 Å². The van der Waals surface area contributed by atoms with Crippen molar-refractivity contribution < 1.29 is 0 Å². The quantitative estimate of drug-likeness (QED) is 0.871.